The Morgan fingerprint density at radius 1 is 0.969 bits per heavy atom. The SMILES string of the molecule is C[N+](C)(C)CCCOc1ccc(-c2nc3ccc(Br)cc3c3c2Cc2ccccc2-3)cc1. The number of fused-ring (bicyclic) bond motifs is 5. The second-order valence-corrected chi connectivity index (χ2v) is 10.5. The molecule has 4 heteroatoms. The molecule has 0 unspecified atom stereocenters. The predicted octanol–water partition coefficient (Wildman–Crippen LogP) is 6.71. The molecule has 1 heterocycles. The summed E-state index contributed by atoms with van der Waals surface area (Å²) >= 11 is 3.65. The van der Waals surface area contributed by atoms with E-state index < -0.39 is 0 Å². The van der Waals surface area contributed by atoms with Crippen LogP contribution in [0.1, 0.15) is 17.5 Å². The van der Waals surface area contributed by atoms with Gasteiger partial charge in [0.05, 0.1) is 45.5 Å². The summed E-state index contributed by atoms with van der Waals surface area (Å²) < 4.78 is 8.02. The van der Waals surface area contributed by atoms with Crippen molar-refractivity contribution in [3.05, 3.63) is 82.3 Å². The van der Waals surface area contributed by atoms with E-state index in [4.69, 9.17) is 9.72 Å². The number of hydrogen-bond acceptors (Lipinski definition) is 2. The van der Waals surface area contributed by atoms with Crippen molar-refractivity contribution in [1.29, 1.82) is 0 Å². The molecule has 0 N–H and O–H groups in total. The van der Waals surface area contributed by atoms with Crippen molar-refractivity contribution in [3.8, 4) is 28.1 Å². The lowest BCUT2D eigenvalue weighted by atomic mass is 9.97. The van der Waals surface area contributed by atoms with Crippen LogP contribution < -0.4 is 4.74 Å². The predicted molar refractivity (Wildman–Crippen MR) is 136 cm³/mol. The van der Waals surface area contributed by atoms with Crippen molar-refractivity contribution in [1.82, 2.24) is 4.98 Å². The quantitative estimate of drug-likeness (QED) is 0.196. The first-order chi connectivity index (χ1) is 15.4. The normalized spacial score (nSPS) is 12.6. The second-order valence-electron chi connectivity index (χ2n) is 9.55. The van der Waals surface area contributed by atoms with Gasteiger partial charge in [0.2, 0.25) is 0 Å². The highest BCUT2D eigenvalue weighted by molar-refractivity contribution is 9.10. The lowest BCUT2D eigenvalue weighted by Gasteiger charge is -2.23. The Balaban J connectivity index is 1.49. The standard InChI is InChI=1S/C28H28BrN2O/c1-31(2,3)15-6-16-32-22-12-9-19(10-13-22)28-25-17-20-7-4-5-8-23(20)27(25)24-18-21(29)11-14-26(24)30-28/h4-5,7-14,18H,6,15-17H2,1-3H3/q+1. The van der Waals surface area contributed by atoms with Gasteiger partial charge in [-0.3, -0.25) is 0 Å². The molecule has 1 aliphatic carbocycles. The minimum absolute atomic E-state index is 0.739. The van der Waals surface area contributed by atoms with E-state index in [-0.39, 0.29) is 0 Å². The van der Waals surface area contributed by atoms with Crippen molar-refractivity contribution in [3.63, 3.8) is 0 Å². The van der Waals surface area contributed by atoms with Crippen LogP contribution in [0.3, 0.4) is 0 Å². The zero-order valence-electron chi connectivity index (χ0n) is 18.9. The van der Waals surface area contributed by atoms with Crippen LogP contribution in [0.4, 0.5) is 0 Å². The smallest absolute Gasteiger partial charge is 0.119 e. The molecule has 0 amide bonds. The molecule has 3 aromatic carbocycles. The molecule has 3 nitrogen and oxygen atoms in total. The lowest BCUT2D eigenvalue weighted by molar-refractivity contribution is -0.870. The van der Waals surface area contributed by atoms with Gasteiger partial charge in [0, 0.05) is 28.3 Å². The van der Waals surface area contributed by atoms with Crippen molar-refractivity contribution < 1.29 is 9.22 Å². The monoisotopic (exact) mass is 487 g/mol. The number of benzene rings is 3. The Hall–Kier alpha value is -2.69. The highest BCUT2D eigenvalue weighted by atomic mass is 79.9. The van der Waals surface area contributed by atoms with Gasteiger partial charge in [0.25, 0.3) is 0 Å². The van der Waals surface area contributed by atoms with Gasteiger partial charge in [-0.2, -0.15) is 0 Å². The molecular weight excluding hydrogens is 460 g/mol. The van der Waals surface area contributed by atoms with E-state index in [1.54, 1.807) is 0 Å². The van der Waals surface area contributed by atoms with E-state index in [2.05, 4.69) is 104 Å². The largest absolute Gasteiger partial charge is 0.493 e. The fourth-order valence-electron chi connectivity index (χ4n) is 4.54. The molecule has 0 saturated carbocycles. The topological polar surface area (TPSA) is 22.1 Å². The van der Waals surface area contributed by atoms with Gasteiger partial charge in [-0.15, -0.1) is 0 Å². The fraction of sp³-hybridized carbons (Fsp3) is 0.250. The maximum absolute atomic E-state index is 5.98. The Kier molecular flexibility index (Phi) is 5.52. The average Bonchev–Trinajstić information content (AvgIpc) is 3.16. The van der Waals surface area contributed by atoms with Crippen LogP contribution in [0.2, 0.25) is 0 Å². The first-order valence-corrected chi connectivity index (χ1v) is 11.9. The van der Waals surface area contributed by atoms with Crippen molar-refractivity contribution >= 4 is 26.8 Å². The number of rotatable bonds is 6. The number of aromatic nitrogens is 1. The zero-order valence-corrected chi connectivity index (χ0v) is 20.4. The summed E-state index contributed by atoms with van der Waals surface area (Å²) in [6.07, 6.45) is 1.96. The summed E-state index contributed by atoms with van der Waals surface area (Å²) in [6.45, 7) is 1.84. The van der Waals surface area contributed by atoms with E-state index in [1.165, 1.54) is 27.6 Å². The number of hydrogen-bond donors (Lipinski definition) is 0. The molecular formula is C28H28BrN2O+. The Morgan fingerprint density at radius 2 is 1.75 bits per heavy atom. The molecule has 0 atom stereocenters. The highest BCUT2D eigenvalue weighted by Gasteiger charge is 2.25. The first-order valence-electron chi connectivity index (χ1n) is 11.1. The molecule has 32 heavy (non-hydrogen) atoms. The molecule has 0 bridgehead atoms. The van der Waals surface area contributed by atoms with Gasteiger partial charge < -0.3 is 9.22 Å². The van der Waals surface area contributed by atoms with Crippen LogP contribution in [0.15, 0.2) is 71.2 Å². The van der Waals surface area contributed by atoms with Crippen LogP contribution in [0, 0.1) is 0 Å². The van der Waals surface area contributed by atoms with Crippen molar-refractivity contribution in [2.24, 2.45) is 0 Å². The molecule has 0 saturated heterocycles. The van der Waals surface area contributed by atoms with Crippen LogP contribution in [0.25, 0.3) is 33.3 Å². The summed E-state index contributed by atoms with van der Waals surface area (Å²) in [6, 6.07) is 23.5. The number of nitrogens with zero attached hydrogens (tertiary/aromatic N) is 2. The van der Waals surface area contributed by atoms with E-state index in [9.17, 15) is 0 Å². The third kappa shape index (κ3) is 4.17. The average molecular weight is 488 g/mol. The third-order valence-electron chi connectivity index (χ3n) is 6.07. The minimum atomic E-state index is 0.739. The maximum Gasteiger partial charge on any atom is 0.119 e. The van der Waals surface area contributed by atoms with Gasteiger partial charge in [-0.25, -0.2) is 4.98 Å². The summed E-state index contributed by atoms with van der Waals surface area (Å²) in [7, 11) is 6.63. The number of quaternary nitrogens is 1. The van der Waals surface area contributed by atoms with E-state index in [0.29, 0.717) is 0 Å². The van der Waals surface area contributed by atoms with Gasteiger partial charge in [-0.1, -0.05) is 40.2 Å². The summed E-state index contributed by atoms with van der Waals surface area (Å²) in [5.41, 5.74) is 8.57. The molecule has 1 aromatic heterocycles. The highest BCUT2D eigenvalue weighted by Crippen LogP contribution is 2.45. The van der Waals surface area contributed by atoms with Gasteiger partial charge in [0.15, 0.2) is 0 Å². The molecule has 0 radical (unpaired) electrons. The van der Waals surface area contributed by atoms with E-state index >= 15 is 0 Å². The van der Waals surface area contributed by atoms with Crippen LogP contribution in [-0.4, -0.2) is 43.8 Å². The zero-order chi connectivity index (χ0) is 22.3. The van der Waals surface area contributed by atoms with Crippen LogP contribution in [-0.2, 0) is 6.42 Å². The van der Waals surface area contributed by atoms with Crippen LogP contribution in [0.5, 0.6) is 5.75 Å². The lowest BCUT2D eigenvalue weighted by Crippen LogP contribution is -2.35. The maximum atomic E-state index is 5.98. The molecule has 162 valence electrons. The molecule has 4 aromatic rings. The minimum Gasteiger partial charge on any atom is -0.493 e. The van der Waals surface area contributed by atoms with Gasteiger partial charge in [0.1, 0.15) is 5.75 Å². The molecule has 0 aliphatic heterocycles. The summed E-state index contributed by atoms with van der Waals surface area (Å²) in [5.74, 6) is 0.916. The first kappa shape index (κ1) is 21.2. The van der Waals surface area contributed by atoms with Crippen LogP contribution >= 0.6 is 15.9 Å². The van der Waals surface area contributed by atoms with E-state index in [0.717, 1.165) is 57.5 Å². The summed E-state index contributed by atoms with van der Waals surface area (Å²) in [5, 5.41) is 1.21. The van der Waals surface area contributed by atoms with Gasteiger partial charge >= 0.3 is 0 Å². The Labute approximate surface area is 198 Å². The number of halogens is 1. The number of ether oxygens (including phenoxy) is 1. The van der Waals surface area contributed by atoms with Gasteiger partial charge in [-0.05, 0) is 64.7 Å². The third-order valence-corrected chi connectivity index (χ3v) is 6.56. The summed E-state index contributed by atoms with van der Waals surface area (Å²) in [4.78, 5) is 5.11. The molecule has 1 aliphatic rings. The van der Waals surface area contributed by atoms with Crippen molar-refractivity contribution in [2.45, 2.75) is 12.8 Å². The molecule has 5 rings (SSSR count). The molecule has 0 spiro atoms. The Morgan fingerprint density at radius 3 is 2.53 bits per heavy atom. The van der Waals surface area contributed by atoms with Crippen molar-refractivity contribution in [2.75, 3.05) is 34.3 Å². The van der Waals surface area contributed by atoms with E-state index in [1.807, 2.05) is 0 Å². The Bertz CT molecular complexity index is 1290. The fourth-order valence-corrected chi connectivity index (χ4v) is 4.90. The second kappa shape index (κ2) is 8.34. The molecule has 0 fully saturated rings. The number of pyridine rings is 1.